The number of carbonyl (C=O) groups is 1. The highest BCUT2D eigenvalue weighted by Crippen LogP contribution is 2.39. The summed E-state index contributed by atoms with van der Waals surface area (Å²) in [5.74, 6) is -0.665. The fourth-order valence-electron chi connectivity index (χ4n) is 4.14. The van der Waals surface area contributed by atoms with Crippen LogP contribution in [0.4, 0.5) is 0 Å². The van der Waals surface area contributed by atoms with Crippen LogP contribution in [0.25, 0.3) is 17.2 Å². The summed E-state index contributed by atoms with van der Waals surface area (Å²) < 4.78 is 10.8. The molecule has 190 valence electrons. The number of aromatic hydroxyl groups is 1. The van der Waals surface area contributed by atoms with Gasteiger partial charge in [-0.25, -0.2) is 0 Å². The van der Waals surface area contributed by atoms with Crippen LogP contribution in [0, 0.1) is 6.92 Å². The highest BCUT2D eigenvalue weighted by atomic mass is 16.6. The Labute approximate surface area is 214 Å². The van der Waals surface area contributed by atoms with Gasteiger partial charge in [-0.3, -0.25) is 4.79 Å². The van der Waals surface area contributed by atoms with Gasteiger partial charge in [0.25, 0.3) is 0 Å². The van der Waals surface area contributed by atoms with Gasteiger partial charge in [0.2, 0.25) is 0 Å². The van der Waals surface area contributed by atoms with Gasteiger partial charge in [0, 0.05) is 5.56 Å². The van der Waals surface area contributed by atoms with Crippen molar-refractivity contribution < 1.29 is 24.5 Å². The molecule has 1 aliphatic heterocycles. The lowest BCUT2D eigenvalue weighted by atomic mass is 9.96. The molecule has 1 unspecified atom stereocenters. The number of benzene rings is 3. The number of hydrogen-bond acceptors (Lipinski definition) is 4. The highest BCUT2D eigenvalue weighted by Gasteiger charge is 2.39. The Morgan fingerprint density at radius 2 is 1.72 bits per heavy atom. The van der Waals surface area contributed by atoms with Crippen molar-refractivity contribution in [3.05, 3.63) is 88.5 Å². The van der Waals surface area contributed by atoms with E-state index in [9.17, 15) is 9.90 Å². The highest BCUT2D eigenvalue weighted by molar-refractivity contribution is 5.77. The molecule has 3 aromatic carbocycles. The summed E-state index contributed by atoms with van der Waals surface area (Å²) in [5.41, 5.74) is 6.67. The van der Waals surface area contributed by atoms with Crippen molar-refractivity contribution in [2.24, 2.45) is 0 Å². The Morgan fingerprint density at radius 1 is 1.06 bits per heavy atom. The quantitative estimate of drug-likeness (QED) is 0.323. The number of aliphatic carboxylic acids is 1. The number of epoxide rings is 1. The van der Waals surface area contributed by atoms with E-state index < -0.39 is 5.97 Å². The fourth-order valence-corrected chi connectivity index (χ4v) is 4.14. The van der Waals surface area contributed by atoms with Gasteiger partial charge in [0.1, 0.15) is 5.60 Å². The van der Waals surface area contributed by atoms with Crippen LogP contribution < -0.4 is 4.74 Å². The van der Waals surface area contributed by atoms with E-state index in [0.717, 1.165) is 30.6 Å². The summed E-state index contributed by atoms with van der Waals surface area (Å²) in [4.78, 5) is 11.1. The Kier molecular flexibility index (Phi) is 8.94. The summed E-state index contributed by atoms with van der Waals surface area (Å²) >= 11 is 0. The second kappa shape index (κ2) is 11.9. The third kappa shape index (κ3) is 6.55. The number of phenolic OH excluding ortho intramolecular Hbond substituents is 1. The summed E-state index contributed by atoms with van der Waals surface area (Å²) in [6, 6.07) is 17.7. The number of phenols is 1. The molecule has 5 nitrogen and oxygen atoms in total. The van der Waals surface area contributed by atoms with E-state index in [1.807, 2.05) is 38.1 Å². The van der Waals surface area contributed by atoms with Crippen molar-refractivity contribution in [2.45, 2.75) is 52.6 Å². The zero-order chi connectivity index (χ0) is 26.3. The Balaban J connectivity index is 0.00000176. The van der Waals surface area contributed by atoms with Crippen LogP contribution in [0.3, 0.4) is 0 Å². The molecule has 2 N–H and O–H groups in total. The molecule has 4 rings (SSSR count). The standard InChI is InChI=1S/C29H30O5.C2H6/c1-4-29(18-34-29)12-11-23-8-7-21(13-19(23)2)14-20-5-9-24(10-6-20)25-15-22(17-27(30)31)16-26(33-3)28(25)32;1-2/h5-13,15-16,32H,4,14,17-18H2,1-3H3,(H,30,31);1-2H3/b12-11+;. The average molecular weight is 489 g/mol. The van der Waals surface area contributed by atoms with E-state index in [-0.39, 0.29) is 23.5 Å². The van der Waals surface area contributed by atoms with Crippen molar-refractivity contribution >= 4 is 12.0 Å². The van der Waals surface area contributed by atoms with E-state index in [1.165, 1.54) is 23.8 Å². The van der Waals surface area contributed by atoms with Gasteiger partial charge < -0.3 is 19.7 Å². The zero-order valence-corrected chi connectivity index (χ0v) is 21.8. The first-order valence-electron chi connectivity index (χ1n) is 12.5. The van der Waals surface area contributed by atoms with Gasteiger partial charge in [0.15, 0.2) is 11.5 Å². The number of aryl methyl sites for hydroxylation is 1. The Hall–Kier alpha value is -3.57. The van der Waals surface area contributed by atoms with Crippen molar-refractivity contribution in [1.29, 1.82) is 0 Å². The van der Waals surface area contributed by atoms with Crippen molar-refractivity contribution in [1.82, 2.24) is 0 Å². The molecule has 0 bridgehead atoms. The SMILES string of the molecule is CC.CCC1(/C=C/c2ccc(Cc3ccc(-c4cc(CC(=O)O)cc(OC)c4O)cc3)cc2C)CO1. The van der Waals surface area contributed by atoms with Crippen molar-refractivity contribution in [3.8, 4) is 22.6 Å². The molecule has 0 radical (unpaired) electrons. The van der Waals surface area contributed by atoms with Gasteiger partial charge in [0.05, 0.1) is 20.1 Å². The van der Waals surface area contributed by atoms with Crippen LogP contribution in [0.15, 0.2) is 60.7 Å². The van der Waals surface area contributed by atoms with Gasteiger partial charge in [-0.05, 0) is 71.4 Å². The van der Waals surface area contributed by atoms with Gasteiger partial charge >= 0.3 is 5.97 Å². The molecule has 1 aliphatic rings. The van der Waals surface area contributed by atoms with E-state index in [4.69, 9.17) is 14.6 Å². The first-order valence-corrected chi connectivity index (χ1v) is 12.5. The zero-order valence-electron chi connectivity index (χ0n) is 21.8. The molecule has 1 atom stereocenters. The molecule has 1 heterocycles. The van der Waals surface area contributed by atoms with Crippen molar-refractivity contribution in [3.63, 3.8) is 0 Å². The molecule has 5 heteroatoms. The van der Waals surface area contributed by atoms with Crippen LogP contribution >= 0.6 is 0 Å². The maximum absolute atomic E-state index is 11.1. The number of carboxylic acid groups (broad SMARTS) is 1. The monoisotopic (exact) mass is 488 g/mol. The maximum atomic E-state index is 11.1. The third-order valence-electron chi connectivity index (χ3n) is 6.40. The van der Waals surface area contributed by atoms with E-state index in [1.54, 1.807) is 12.1 Å². The number of methoxy groups -OCH3 is 1. The van der Waals surface area contributed by atoms with Crippen LogP contribution in [0.2, 0.25) is 0 Å². The second-order valence-corrected chi connectivity index (χ2v) is 8.87. The second-order valence-electron chi connectivity index (χ2n) is 8.87. The molecule has 3 aromatic rings. The van der Waals surface area contributed by atoms with Gasteiger partial charge in [-0.1, -0.05) is 69.3 Å². The number of rotatable bonds is 9. The fraction of sp³-hybridized carbons (Fsp3) is 0.323. The lowest BCUT2D eigenvalue weighted by Gasteiger charge is -2.13. The predicted molar refractivity (Wildman–Crippen MR) is 145 cm³/mol. The Bertz CT molecular complexity index is 1220. The number of ether oxygens (including phenoxy) is 2. The molecular formula is C31H36O5. The average Bonchev–Trinajstić information content (AvgIpc) is 3.66. The molecule has 0 aliphatic carbocycles. The molecule has 0 amide bonds. The lowest BCUT2D eigenvalue weighted by Crippen LogP contribution is -2.03. The first kappa shape index (κ1) is 27.0. The summed E-state index contributed by atoms with van der Waals surface area (Å²) in [5, 5.41) is 19.7. The molecule has 0 saturated carbocycles. The van der Waals surface area contributed by atoms with Crippen LogP contribution in [-0.2, 0) is 22.4 Å². The predicted octanol–water partition coefficient (Wildman–Crippen LogP) is 6.81. The van der Waals surface area contributed by atoms with E-state index in [2.05, 4.69) is 44.2 Å². The minimum Gasteiger partial charge on any atom is -0.504 e. The molecule has 36 heavy (non-hydrogen) atoms. The van der Waals surface area contributed by atoms with Crippen LogP contribution in [0.1, 0.15) is 55.0 Å². The maximum Gasteiger partial charge on any atom is 0.307 e. The first-order chi connectivity index (χ1) is 17.3. The third-order valence-corrected chi connectivity index (χ3v) is 6.40. The summed E-state index contributed by atoms with van der Waals surface area (Å²) in [6.45, 7) is 9.07. The topological polar surface area (TPSA) is 79.3 Å². The van der Waals surface area contributed by atoms with E-state index >= 15 is 0 Å². The Morgan fingerprint density at radius 3 is 2.28 bits per heavy atom. The van der Waals surface area contributed by atoms with Crippen LogP contribution in [-0.4, -0.2) is 35.5 Å². The molecule has 0 spiro atoms. The van der Waals surface area contributed by atoms with Crippen molar-refractivity contribution in [2.75, 3.05) is 13.7 Å². The molecule has 0 aromatic heterocycles. The lowest BCUT2D eigenvalue weighted by molar-refractivity contribution is -0.136. The summed E-state index contributed by atoms with van der Waals surface area (Å²) in [7, 11) is 1.46. The summed E-state index contributed by atoms with van der Waals surface area (Å²) in [6.07, 6.45) is 5.97. The van der Waals surface area contributed by atoms with Gasteiger partial charge in [-0.15, -0.1) is 0 Å². The number of carboxylic acids is 1. The molecule has 1 fully saturated rings. The van der Waals surface area contributed by atoms with Gasteiger partial charge in [-0.2, -0.15) is 0 Å². The normalized spacial score (nSPS) is 16.4. The number of hydrogen-bond donors (Lipinski definition) is 2. The van der Waals surface area contributed by atoms with E-state index in [0.29, 0.717) is 11.1 Å². The minimum absolute atomic E-state index is 0.00473. The smallest absolute Gasteiger partial charge is 0.307 e. The molecular weight excluding hydrogens is 452 g/mol. The minimum atomic E-state index is -0.934. The van der Waals surface area contributed by atoms with Crippen LogP contribution in [0.5, 0.6) is 11.5 Å². The molecule has 1 saturated heterocycles. The largest absolute Gasteiger partial charge is 0.504 e.